The fourth-order valence-electron chi connectivity index (χ4n) is 2.39. The molecular weight excluding hydrogens is 244 g/mol. The molecule has 0 saturated carbocycles. The van der Waals surface area contributed by atoms with Gasteiger partial charge in [-0.2, -0.15) is 4.40 Å². The van der Waals surface area contributed by atoms with Gasteiger partial charge in [0.1, 0.15) is 0 Å². The molecule has 1 atom stereocenters. The molecule has 0 aromatic heterocycles. The number of fused-ring (bicyclic) bond motifs is 5. The van der Waals surface area contributed by atoms with E-state index in [4.69, 9.17) is 0 Å². The zero-order chi connectivity index (χ0) is 12.1. The number of hydrogen-bond donors (Lipinski definition) is 0. The molecule has 2 heterocycles. The van der Waals surface area contributed by atoms with Crippen molar-refractivity contribution in [3.8, 4) is 11.1 Å². The first-order valence-electron chi connectivity index (χ1n) is 5.61. The van der Waals surface area contributed by atoms with Gasteiger partial charge in [0.05, 0.1) is 10.3 Å². The first kappa shape index (κ1) is 9.91. The lowest BCUT2D eigenvalue weighted by atomic mass is 9.98. The van der Waals surface area contributed by atoms with Crippen molar-refractivity contribution in [1.29, 1.82) is 0 Å². The van der Waals surface area contributed by atoms with E-state index >= 15 is 0 Å². The molecule has 0 amide bonds. The fourth-order valence-corrected chi connectivity index (χ4v) is 3.37. The molecular formula is C14H8N2OS. The van der Waals surface area contributed by atoms with Gasteiger partial charge in [-0.1, -0.05) is 24.3 Å². The number of nitrogens with zero attached hydrogens (tertiary/aromatic N) is 2. The zero-order valence-electron chi connectivity index (χ0n) is 9.33. The van der Waals surface area contributed by atoms with Gasteiger partial charge in [0, 0.05) is 34.3 Å². The highest BCUT2D eigenvalue weighted by atomic mass is 32.2. The third-order valence-electron chi connectivity index (χ3n) is 3.20. The summed E-state index contributed by atoms with van der Waals surface area (Å²) in [6, 6.07) is 11.6. The van der Waals surface area contributed by atoms with E-state index in [1.54, 1.807) is 0 Å². The Labute approximate surface area is 106 Å². The van der Waals surface area contributed by atoms with Gasteiger partial charge < -0.3 is 0 Å². The maximum atomic E-state index is 12.1. The maximum absolute atomic E-state index is 12.1. The molecule has 3 nitrogen and oxygen atoms in total. The molecule has 2 aromatic rings. The van der Waals surface area contributed by atoms with Crippen LogP contribution in [0.15, 0.2) is 50.7 Å². The van der Waals surface area contributed by atoms with E-state index in [2.05, 4.69) is 9.39 Å². The van der Waals surface area contributed by atoms with Gasteiger partial charge in [0.25, 0.3) is 0 Å². The van der Waals surface area contributed by atoms with Crippen LogP contribution < -0.4 is 10.6 Å². The molecule has 0 bridgehead atoms. The van der Waals surface area contributed by atoms with Crippen molar-refractivity contribution in [2.45, 2.75) is 4.90 Å². The Morgan fingerprint density at radius 1 is 1.06 bits per heavy atom. The lowest BCUT2D eigenvalue weighted by Crippen LogP contribution is -2.21. The van der Waals surface area contributed by atoms with Crippen LogP contribution in [0.3, 0.4) is 0 Å². The molecule has 0 fully saturated rings. The lowest BCUT2D eigenvalue weighted by molar-refractivity contribution is 0.683. The molecule has 4 heteroatoms. The molecule has 0 spiro atoms. The Morgan fingerprint density at radius 2 is 1.94 bits per heavy atom. The molecule has 1 unspecified atom stereocenters. The predicted octanol–water partition coefficient (Wildman–Crippen LogP) is 1.18. The summed E-state index contributed by atoms with van der Waals surface area (Å²) in [5.41, 5.74) is 3.11. The zero-order valence-corrected chi connectivity index (χ0v) is 10.1. The van der Waals surface area contributed by atoms with Gasteiger partial charge in [-0.25, -0.2) is 4.21 Å². The minimum atomic E-state index is -1.30. The molecule has 2 aliphatic rings. The van der Waals surface area contributed by atoms with Gasteiger partial charge >= 0.3 is 0 Å². The van der Waals surface area contributed by atoms with Gasteiger partial charge in [-0.3, -0.25) is 4.99 Å². The Morgan fingerprint density at radius 3 is 2.89 bits per heavy atom. The van der Waals surface area contributed by atoms with E-state index < -0.39 is 11.0 Å². The molecule has 0 N–H and O–H groups in total. The summed E-state index contributed by atoms with van der Waals surface area (Å²) >= 11 is 0. The van der Waals surface area contributed by atoms with Crippen LogP contribution >= 0.6 is 0 Å². The van der Waals surface area contributed by atoms with E-state index in [9.17, 15) is 4.21 Å². The highest BCUT2D eigenvalue weighted by Crippen LogP contribution is 2.28. The summed E-state index contributed by atoms with van der Waals surface area (Å²) in [4.78, 5) is 4.96. The van der Waals surface area contributed by atoms with Crippen molar-refractivity contribution in [3.05, 3.63) is 52.5 Å². The summed E-state index contributed by atoms with van der Waals surface area (Å²) in [7, 11) is -1.30. The molecule has 0 saturated heterocycles. The van der Waals surface area contributed by atoms with Crippen molar-refractivity contribution in [2.75, 3.05) is 0 Å². The molecule has 18 heavy (non-hydrogen) atoms. The first-order chi connectivity index (χ1) is 8.84. The van der Waals surface area contributed by atoms with E-state index in [1.165, 1.54) is 0 Å². The van der Waals surface area contributed by atoms with Crippen LogP contribution in [0.25, 0.3) is 17.3 Å². The van der Waals surface area contributed by atoms with Gasteiger partial charge in [-0.15, -0.1) is 0 Å². The topological polar surface area (TPSA) is 41.8 Å². The molecule has 86 valence electrons. The second-order valence-electron chi connectivity index (χ2n) is 4.21. The number of aliphatic imine (C=N–C) groups is 1. The van der Waals surface area contributed by atoms with Crippen LogP contribution in [0.4, 0.5) is 0 Å². The van der Waals surface area contributed by atoms with Crippen LogP contribution in [0.1, 0.15) is 5.56 Å². The van der Waals surface area contributed by atoms with Crippen molar-refractivity contribution < 1.29 is 4.21 Å². The summed E-state index contributed by atoms with van der Waals surface area (Å²) in [5.74, 6) is 0. The van der Waals surface area contributed by atoms with Crippen LogP contribution in [0, 0.1) is 0 Å². The Bertz CT molecular complexity index is 853. The molecule has 4 rings (SSSR count). The third kappa shape index (κ3) is 1.21. The fraction of sp³-hybridized carbons (Fsp3) is 0. The van der Waals surface area contributed by atoms with Crippen molar-refractivity contribution in [3.63, 3.8) is 0 Å². The summed E-state index contributed by atoms with van der Waals surface area (Å²) in [6.07, 6.45) is 3.68. The van der Waals surface area contributed by atoms with Crippen LogP contribution in [0.2, 0.25) is 0 Å². The highest BCUT2D eigenvalue weighted by Gasteiger charge is 2.20. The van der Waals surface area contributed by atoms with E-state index in [0.29, 0.717) is 0 Å². The van der Waals surface area contributed by atoms with Crippen molar-refractivity contribution in [1.82, 2.24) is 0 Å². The Kier molecular flexibility index (Phi) is 1.91. The number of hydrogen-bond acceptors (Lipinski definition) is 2. The average Bonchev–Trinajstić information content (AvgIpc) is 2.87. The van der Waals surface area contributed by atoms with Gasteiger partial charge in [0.15, 0.2) is 11.0 Å². The normalized spacial score (nSPS) is 18.3. The van der Waals surface area contributed by atoms with Gasteiger partial charge in [0.2, 0.25) is 0 Å². The van der Waals surface area contributed by atoms with E-state index in [0.717, 1.165) is 32.2 Å². The standard InChI is InChI=1S/C14H8N2OS/c17-18-13-4-2-1-3-10(13)14-11-8-15-7-9(11)5-6-12(14)16-18/h1-8H. The monoisotopic (exact) mass is 252 g/mol. The summed E-state index contributed by atoms with van der Waals surface area (Å²) in [6.45, 7) is 0. The first-order valence-corrected chi connectivity index (χ1v) is 6.72. The minimum Gasteiger partial charge on any atom is -0.263 e. The predicted molar refractivity (Wildman–Crippen MR) is 71.1 cm³/mol. The van der Waals surface area contributed by atoms with Crippen LogP contribution in [0.5, 0.6) is 0 Å². The molecule has 2 aromatic carbocycles. The summed E-state index contributed by atoms with van der Waals surface area (Å²) in [5, 5.41) is 1.87. The number of rotatable bonds is 0. The van der Waals surface area contributed by atoms with Gasteiger partial charge in [-0.05, 0) is 12.1 Å². The summed E-state index contributed by atoms with van der Waals surface area (Å²) < 4.78 is 16.3. The maximum Gasteiger partial charge on any atom is 0.173 e. The average molecular weight is 252 g/mol. The third-order valence-corrected chi connectivity index (χ3v) is 4.30. The van der Waals surface area contributed by atoms with Crippen molar-refractivity contribution in [2.24, 2.45) is 9.39 Å². The van der Waals surface area contributed by atoms with Crippen LogP contribution in [-0.4, -0.2) is 10.4 Å². The second-order valence-corrected chi connectivity index (χ2v) is 5.33. The molecule has 0 radical (unpaired) electrons. The quantitative estimate of drug-likeness (QED) is 0.694. The smallest absolute Gasteiger partial charge is 0.173 e. The molecule has 2 aliphatic heterocycles. The second kappa shape index (κ2) is 3.46. The Hall–Kier alpha value is -2.07. The number of benzene rings is 2. The SMILES string of the molecule is O=S1N=c2ccc3c(c2-c2ccccc21)C=NC=3. The molecule has 0 aliphatic carbocycles. The highest BCUT2D eigenvalue weighted by molar-refractivity contribution is 7.83. The van der Waals surface area contributed by atoms with E-state index in [1.807, 2.05) is 48.8 Å². The van der Waals surface area contributed by atoms with Crippen molar-refractivity contribution >= 4 is 23.4 Å². The minimum absolute atomic E-state index is 0.777. The Balaban J connectivity index is 2.24. The largest absolute Gasteiger partial charge is 0.263 e. The lowest BCUT2D eigenvalue weighted by Gasteiger charge is -2.14. The van der Waals surface area contributed by atoms with E-state index in [-0.39, 0.29) is 0 Å². The van der Waals surface area contributed by atoms with Crippen LogP contribution in [-0.2, 0) is 11.0 Å².